The van der Waals surface area contributed by atoms with Gasteiger partial charge in [0.25, 0.3) is 5.91 Å². The molecule has 1 amide bonds. The maximum absolute atomic E-state index is 12.1. The van der Waals surface area contributed by atoms with Gasteiger partial charge in [-0.3, -0.25) is 14.6 Å². The minimum atomic E-state index is -0.350. The summed E-state index contributed by atoms with van der Waals surface area (Å²) in [4.78, 5) is 12.1. The van der Waals surface area contributed by atoms with Gasteiger partial charge >= 0.3 is 0 Å². The number of carbonyl (C=O) groups is 1. The van der Waals surface area contributed by atoms with Crippen LogP contribution in [0.3, 0.4) is 0 Å². The number of H-pyrrole nitrogens is 1. The van der Waals surface area contributed by atoms with Crippen LogP contribution in [0.2, 0.25) is 0 Å². The van der Waals surface area contributed by atoms with Crippen molar-refractivity contribution in [3.8, 4) is 0 Å². The zero-order chi connectivity index (χ0) is 15.2. The van der Waals surface area contributed by atoms with Gasteiger partial charge in [0.05, 0.1) is 36.4 Å². The molecule has 0 aliphatic rings. The zero-order valence-electron chi connectivity index (χ0n) is 12.2. The Bertz CT molecular complexity index is 604. The molecule has 2 rings (SSSR count). The summed E-state index contributed by atoms with van der Waals surface area (Å²) in [6, 6.07) is 0. The average Bonchev–Trinajstić information content (AvgIpc) is 3.05. The van der Waals surface area contributed by atoms with E-state index in [1.165, 1.54) is 0 Å². The van der Waals surface area contributed by atoms with E-state index in [-0.39, 0.29) is 11.6 Å². The quantitative estimate of drug-likeness (QED) is 0.706. The van der Waals surface area contributed by atoms with E-state index in [4.69, 9.17) is 10.5 Å². The maximum Gasteiger partial charge on any atom is 0.278 e. The molecule has 2 aromatic rings. The number of rotatable bonds is 7. The highest BCUT2D eigenvalue weighted by Crippen LogP contribution is 2.17. The number of methoxy groups -OCH3 is 1. The molecule has 0 bridgehead atoms. The number of amides is 1. The number of nitrogens with one attached hydrogen (secondary N) is 2. The highest BCUT2D eigenvalue weighted by molar-refractivity contribution is 6.06. The summed E-state index contributed by atoms with van der Waals surface area (Å²) in [6.07, 6.45) is 5.00. The molecule has 0 saturated heterocycles. The van der Waals surface area contributed by atoms with Crippen LogP contribution in [0.25, 0.3) is 0 Å². The first-order valence-corrected chi connectivity index (χ1v) is 6.81. The second-order valence-electron chi connectivity index (χ2n) is 4.65. The zero-order valence-corrected chi connectivity index (χ0v) is 12.2. The molecule has 2 aromatic heterocycles. The molecule has 0 atom stereocenters. The lowest BCUT2D eigenvalue weighted by Crippen LogP contribution is -2.14. The van der Waals surface area contributed by atoms with Gasteiger partial charge in [0, 0.05) is 13.3 Å². The van der Waals surface area contributed by atoms with Crippen molar-refractivity contribution in [2.24, 2.45) is 0 Å². The largest absolute Gasteiger partial charge is 0.395 e. The lowest BCUT2D eigenvalue weighted by molar-refractivity contribution is 0.102. The van der Waals surface area contributed by atoms with Crippen LogP contribution in [0.5, 0.6) is 0 Å². The number of hydrogen-bond donors (Lipinski definition) is 3. The summed E-state index contributed by atoms with van der Waals surface area (Å²) in [5.74, 6) is -0.350. The molecule has 2 heterocycles. The van der Waals surface area contributed by atoms with E-state index >= 15 is 0 Å². The summed E-state index contributed by atoms with van der Waals surface area (Å²) in [7, 11) is 1.63. The van der Waals surface area contributed by atoms with Crippen molar-refractivity contribution in [2.45, 2.75) is 26.3 Å². The first-order valence-electron chi connectivity index (χ1n) is 6.81. The normalized spacial score (nSPS) is 10.8. The van der Waals surface area contributed by atoms with Crippen molar-refractivity contribution in [1.29, 1.82) is 0 Å². The summed E-state index contributed by atoms with van der Waals surface area (Å²) < 4.78 is 6.66. The lowest BCUT2D eigenvalue weighted by atomic mass is 10.2. The molecule has 0 aromatic carbocycles. The fourth-order valence-corrected chi connectivity index (χ4v) is 1.93. The van der Waals surface area contributed by atoms with Crippen LogP contribution < -0.4 is 11.1 Å². The molecule has 0 aliphatic carbocycles. The topological polar surface area (TPSA) is 111 Å². The molecular formula is C13H20N6O2. The highest BCUT2D eigenvalue weighted by atomic mass is 16.5. The van der Waals surface area contributed by atoms with Gasteiger partial charge in [0.15, 0.2) is 5.69 Å². The van der Waals surface area contributed by atoms with Crippen LogP contribution in [-0.2, 0) is 17.7 Å². The van der Waals surface area contributed by atoms with Gasteiger partial charge in [0.2, 0.25) is 0 Å². The third-order valence-corrected chi connectivity index (χ3v) is 3.01. The van der Waals surface area contributed by atoms with Gasteiger partial charge < -0.3 is 15.8 Å². The average molecular weight is 292 g/mol. The van der Waals surface area contributed by atoms with Crippen LogP contribution >= 0.6 is 0 Å². The highest BCUT2D eigenvalue weighted by Gasteiger charge is 2.17. The van der Waals surface area contributed by atoms with Crippen LogP contribution in [0, 0.1) is 0 Å². The number of aryl methyl sites for hydroxylation is 1. The van der Waals surface area contributed by atoms with Crippen LogP contribution in [0.15, 0.2) is 12.4 Å². The third kappa shape index (κ3) is 3.60. The molecule has 0 aliphatic heterocycles. The molecule has 0 spiro atoms. The number of anilines is 2. The monoisotopic (exact) mass is 292 g/mol. The number of aromatic nitrogens is 4. The predicted molar refractivity (Wildman–Crippen MR) is 79.1 cm³/mol. The van der Waals surface area contributed by atoms with Crippen molar-refractivity contribution in [2.75, 3.05) is 24.8 Å². The second kappa shape index (κ2) is 6.89. The van der Waals surface area contributed by atoms with Crippen molar-refractivity contribution < 1.29 is 9.53 Å². The molecule has 4 N–H and O–H groups in total. The number of nitrogens with zero attached hydrogens (tertiary/aromatic N) is 3. The molecular weight excluding hydrogens is 272 g/mol. The van der Waals surface area contributed by atoms with Gasteiger partial charge in [-0.25, -0.2) is 0 Å². The Hall–Kier alpha value is -2.35. The Morgan fingerprint density at radius 2 is 2.38 bits per heavy atom. The Balaban J connectivity index is 2.02. The first-order chi connectivity index (χ1) is 10.2. The summed E-state index contributed by atoms with van der Waals surface area (Å²) in [5, 5.41) is 13.6. The minimum Gasteiger partial charge on any atom is -0.395 e. The molecule has 0 radical (unpaired) electrons. The van der Waals surface area contributed by atoms with Crippen LogP contribution in [-0.4, -0.2) is 39.6 Å². The molecule has 0 saturated carbocycles. The number of nitrogen functional groups attached to an aromatic ring is 1. The predicted octanol–water partition coefficient (Wildman–Crippen LogP) is 1.04. The van der Waals surface area contributed by atoms with Gasteiger partial charge in [-0.15, -0.1) is 0 Å². The second-order valence-corrected chi connectivity index (χ2v) is 4.65. The van der Waals surface area contributed by atoms with E-state index in [0.717, 1.165) is 18.5 Å². The van der Waals surface area contributed by atoms with Gasteiger partial charge in [-0.1, -0.05) is 13.3 Å². The Kier molecular flexibility index (Phi) is 4.94. The minimum absolute atomic E-state index is 0.211. The van der Waals surface area contributed by atoms with Gasteiger partial charge in [0.1, 0.15) is 0 Å². The fraction of sp³-hybridized carbons (Fsp3) is 0.462. The molecule has 0 unspecified atom stereocenters. The van der Waals surface area contributed by atoms with Crippen molar-refractivity contribution >= 4 is 17.3 Å². The molecule has 8 nitrogen and oxygen atoms in total. The third-order valence-electron chi connectivity index (χ3n) is 3.01. The number of ether oxygens (including phenoxy) is 1. The van der Waals surface area contributed by atoms with E-state index in [1.807, 2.05) is 6.92 Å². The van der Waals surface area contributed by atoms with Crippen LogP contribution in [0.1, 0.15) is 29.5 Å². The van der Waals surface area contributed by atoms with E-state index in [1.54, 1.807) is 24.2 Å². The smallest absolute Gasteiger partial charge is 0.278 e. The summed E-state index contributed by atoms with van der Waals surface area (Å²) in [6.45, 7) is 3.22. The van der Waals surface area contributed by atoms with Gasteiger partial charge in [-0.05, 0) is 6.42 Å². The first kappa shape index (κ1) is 15.0. The lowest BCUT2D eigenvalue weighted by Gasteiger charge is -2.01. The number of carbonyl (C=O) groups excluding carboxylic acids is 1. The summed E-state index contributed by atoms with van der Waals surface area (Å²) >= 11 is 0. The molecule has 21 heavy (non-hydrogen) atoms. The Morgan fingerprint density at radius 1 is 1.57 bits per heavy atom. The standard InChI is InChI=1S/C13H20N6O2/c1-3-4-10-11(14)12(18-17-10)13(20)16-9-7-15-19(8-9)5-6-21-2/h7-8H,3-6,14H2,1-2H3,(H,16,20)(H,17,18). The molecule has 8 heteroatoms. The Morgan fingerprint density at radius 3 is 3.10 bits per heavy atom. The van der Waals surface area contributed by atoms with Crippen molar-refractivity contribution in [3.05, 3.63) is 23.8 Å². The molecule has 0 fully saturated rings. The van der Waals surface area contributed by atoms with E-state index in [2.05, 4.69) is 20.6 Å². The molecule has 114 valence electrons. The van der Waals surface area contributed by atoms with Gasteiger partial charge in [-0.2, -0.15) is 10.2 Å². The number of aromatic amines is 1. The fourth-order valence-electron chi connectivity index (χ4n) is 1.93. The SMILES string of the molecule is CCCc1[nH]nc(C(=O)Nc2cnn(CCOC)c2)c1N. The van der Waals surface area contributed by atoms with Crippen molar-refractivity contribution in [1.82, 2.24) is 20.0 Å². The number of hydrogen-bond acceptors (Lipinski definition) is 5. The Labute approximate surface area is 122 Å². The van der Waals surface area contributed by atoms with E-state index in [9.17, 15) is 4.79 Å². The van der Waals surface area contributed by atoms with Crippen LogP contribution in [0.4, 0.5) is 11.4 Å². The van der Waals surface area contributed by atoms with Crippen molar-refractivity contribution in [3.63, 3.8) is 0 Å². The number of nitrogens with two attached hydrogens (primary N) is 1. The summed E-state index contributed by atoms with van der Waals surface area (Å²) in [5.41, 5.74) is 7.92. The maximum atomic E-state index is 12.1. The van der Waals surface area contributed by atoms with E-state index < -0.39 is 0 Å². The van der Waals surface area contributed by atoms with E-state index in [0.29, 0.717) is 24.5 Å².